The molecular formula is C6H10ClNO. The highest BCUT2D eigenvalue weighted by Gasteiger charge is 2.38. The van der Waals surface area contributed by atoms with Gasteiger partial charge in [0, 0.05) is 5.54 Å². The Morgan fingerprint density at radius 3 is 2.67 bits per heavy atom. The van der Waals surface area contributed by atoms with Crippen molar-refractivity contribution in [3.05, 3.63) is 0 Å². The summed E-state index contributed by atoms with van der Waals surface area (Å²) in [5, 5.41) is 2.81. The van der Waals surface area contributed by atoms with E-state index in [-0.39, 0.29) is 17.3 Å². The van der Waals surface area contributed by atoms with Gasteiger partial charge in [0.2, 0.25) is 5.91 Å². The topological polar surface area (TPSA) is 29.1 Å². The lowest BCUT2D eigenvalue weighted by molar-refractivity contribution is -0.119. The average Bonchev–Trinajstić information content (AvgIpc) is 2.48. The van der Waals surface area contributed by atoms with Gasteiger partial charge in [0.05, 0.1) is 0 Å². The van der Waals surface area contributed by atoms with Crippen molar-refractivity contribution in [3.8, 4) is 0 Å². The van der Waals surface area contributed by atoms with E-state index in [2.05, 4.69) is 5.32 Å². The van der Waals surface area contributed by atoms with Crippen LogP contribution in [-0.4, -0.2) is 17.3 Å². The summed E-state index contributed by atoms with van der Waals surface area (Å²) < 4.78 is 0. The molecule has 1 aliphatic rings. The highest BCUT2D eigenvalue weighted by molar-refractivity contribution is 6.27. The monoisotopic (exact) mass is 147 g/mol. The molecule has 0 bridgehead atoms. The van der Waals surface area contributed by atoms with E-state index in [1.165, 1.54) is 0 Å². The van der Waals surface area contributed by atoms with Crippen molar-refractivity contribution < 1.29 is 4.79 Å². The third kappa shape index (κ3) is 1.86. The van der Waals surface area contributed by atoms with Crippen molar-refractivity contribution in [2.75, 3.05) is 5.88 Å². The maximum atomic E-state index is 10.6. The van der Waals surface area contributed by atoms with Crippen molar-refractivity contribution in [3.63, 3.8) is 0 Å². The molecule has 0 spiro atoms. The van der Waals surface area contributed by atoms with Crippen LogP contribution in [0.1, 0.15) is 19.8 Å². The van der Waals surface area contributed by atoms with Crippen LogP contribution >= 0.6 is 11.6 Å². The molecule has 3 heteroatoms. The van der Waals surface area contributed by atoms with Crippen LogP contribution < -0.4 is 5.32 Å². The highest BCUT2D eigenvalue weighted by Crippen LogP contribution is 2.33. The van der Waals surface area contributed by atoms with Gasteiger partial charge < -0.3 is 5.32 Å². The van der Waals surface area contributed by atoms with Gasteiger partial charge >= 0.3 is 0 Å². The number of hydrogen-bond acceptors (Lipinski definition) is 1. The molecule has 0 aromatic heterocycles. The first-order valence-corrected chi connectivity index (χ1v) is 3.57. The normalized spacial score (nSPS) is 21.1. The van der Waals surface area contributed by atoms with Gasteiger partial charge in [-0.1, -0.05) is 0 Å². The second-order valence-electron chi connectivity index (χ2n) is 2.74. The zero-order valence-electron chi connectivity index (χ0n) is 5.41. The minimum absolute atomic E-state index is 0.0586. The maximum absolute atomic E-state index is 10.6. The van der Waals surface area contributed by atoms with Gasteiger partial charge in [0.15, 0.2) is 0 Å². The Kier molecular flexibility index (Phi) is 1.66. The molecule has 1 amide bonds. The third-order valence-electron chi connectivity index (χ3n) is 1.56. The van der Waals surface area contributed by atoms with E-state index in [1.807, 2.05) is 6.92 Å². The zero-order valence-corrected chi connectivity index (χ0v) is 6.16. The fraction of sp³-hybridized carbons (Fsp3) is 0.833. The average molecular weight is 148 g/mol. The van der Waals surface area contributed by atoms with Gasteiger partial charge in [0.25, 0.3) is 0 Å². The number of halogens is 1. The Labute approximate surface area is 59.6 Å². The molecule has 0 atom stereocenters. The number of carbonyl (C=O) groups excluding carboxylic acids is 1. The molecule has 0 radical (unpaired) electrons. The molecule has 1 fully saturated rings. The van der Waals surface area contributed by atoms with Gasteiger partial charge in [-0.05, 0) is 19.8 Å². The van der Waals surface area contributed by atoms with Crippen LogP contribution in [0.4, 0.5) is 0 Å². The number of carbonyl (C=O) groups is 1. The Hall–Kier alpha value is -0.240. The lowest BCUT2D eigenvalue weighted by atomic mass is 10.3. The summed E-state index contributed by atoms with van der Waals surface area (Å²) in [7, 11) is 0. The second kappa shape index (κ2) is 2.18. The van der Waals surface area contributed by atoms with Gasteiger partial charge in [0.1, 0.15) is 5.88 Å². The van der Waals surface area contributed by atoms with Crippen LogP contribution in [0.3, 0.4) is 0 Å². The number of hydrogen-bond donors (Lipinski definition) is 1. The number of nitrogens with one attached hydrogen (secondary N) is 1. The quantitative estimate of drug-likeness (QED) is 0.578. The van der Waals surface area contributed by atoms with Crippen molar-refractivity contribution in [1.82, 2.24) is 5.32 Å². The minimum Gasteiger partial charge on any atom is -0.350 e. The van der Waals surface area contributed by atoms with Crippen molar-refractivity contribution in [2.45, 2.75) is 25.3 Å². The third-order valence-corrected chi connectivity index (χ3v) is 1.81. The molecule has 0 heterocycles. The van der Waals surface area contributed by atoms with Crippen molar-refractivity contribution in [2.24, 2.45) is 0 Å². The number of rotatable bonds is 2. The molecule has 1 N–H and O–H groups in total. The molecule has 0 aliphatic heterocycles. The SMILES string of the molecule is CC1(NC(=O)CCl)CC1. The predicted molar refractivity (Wildman–Crippen MR) is 36.5 cm³/mol. The molecule has 0 aromatic rings. The van der Waals surface area contributed by atoms with Crippen molar-refractivity contribution >= 4 is 17.5 Å². The lowest BCUT2D eigenvalue weighted by Gasteiger charge is -2.08. The van der Waals surface area contributed by atoms with Crippen LogP contribution in [0, 0.1) is 0 Å². The van der Waals surface area contributed by atoms with Crippen molar-refractivity contribution in [1.29, 1.82) is 0 Å². The summed E-state index contributed by atoms with van der Waals surface area (Å²) in [6, 6.07) is 0. The van der Waals surface area contributed by atoms with E-state index in [9.17, 15) is 4.79 Å². The first-order chi connectivity index (χ1) is 4.16. The number of amides is 1. The fourth-order valence-electron chi connectivity index (χ4n) is 0.682. The Balaban J connectivity index is 2.25. The van der Waals surface area contributed by atoms with E-state index in [0.29, 0.717) is 0 Å². The first kappa shape index (κ1) is 6.87. The summed E-state index contributed by atoms with van der Waals surface area (Å²) in [5.41, 5.74) is 0.0893. The van der Waals surface area contributed by atoms with Crippen LogP contribution in [0.5, 0.6) is 0 Å². The van der Waals surface area contributed by atoms with Gasteiger partial charge in [-0.25, -0.2) is 0 Å². The molecule has 2 nitrogen and oxygen atoms in total. The second-order valence-corrected chi connectivity index (χ2v) is 3.01. The lowest BCUT2D eigenvalue weighted by Crippen LogP contribution is -2.34. The predicted octanol–water partition coefficient (Wildman–Crippen LogP) is 0.894. The van der Waals surface area contributed by atoms with Gasteiger partial charge in [-0.15, -0.1) is 11.6 Å². The van der Waals surface area contributed by atoms with E-state index in [1.54, 1.807) is 0 Å². The Bertz CT molecular complexity index is 131. The van der Waals surface area contributed by atoms with E-state index in [0.717, 1.165) is 12.8 Å². The molecule has 52 valence electrons. The van der Waals surface area contributed by atoms with Crippen LogP contribution in [-0.2, 0) is 4.79 Å². The standard InChI is InChI=1S/C6H10ClNO/c1-6(2-3-6)8-5(9)4-7/h2-4H2,1H3,(H,8,9). The molecular weight excluding hydrogens is 138 g/mol. The smallest absolute Gasteiger partial charge is 0.235 e. The van der Waals surface area contributed by atoms with Crippen LogP contribution in [0.2, 0.25) is 0 Å². The van der Waals surface area contributed by atoms with Gasteiger partial charge in [-0.2, -0.15) is 0 Å². The van der Waals surface area contributed by atoms with Gasteiger partial charge in [-0.3, -0.25) is 4.79 Å². The fourth-order valence-corrected chi connectivity index (χ4v) is 0.749. The molecule has 1 saturated carbocycles. The Morgan fingerprint density at radius 1 is 1.78 bits per heavy atom. The maximum Gasteiger partial charge on any atom is 0.235 e. The first-order valence-electron chi connectivity index (χ1n) is 3.03. The van der Waals surface area contributed by atoms with E-state index < -0.39 is 0 Å². The number of alkyl halides is 1. The minimum atomic E-state index is -0.0586. The molecule has 9 heavy (non-hydrogen) atoms. The molecule has 1 rings (SSSR count). The summed E-state index contributed by atoms with van der Waals surface area (Å²) in [6.07, 6.45) is 2.19. The molecule has 0 saturated heterocycles. The summed E-state index contributed by atoms with van der Waals surface area (Å²) in [5.74, 6) is 0.0203. The zero-order chi connectivity index (χ0) is 6.91. The van der Waals surface area contributed by atoms with Crippen LogP contribution in [0.25, 0.3) is 0 Å². The molecule has 0 unspecified atom stereocenters. The Morgan fingerprint density at radius 2 is 2.33 bits per heavy atom. The summed E-state index contributed by atoms with van der Waals surface area (Å²) in [6.45, 7) is 2.03. The summed E-state index contributed by atoms with van der Waals surface area (Å²) in [4.78, 5) is 10.6. The molecule has 0 aromatic carbocycles. The summed E-state index contributed by atoms with van der Waals surface area (Å²) >= 11 is 5.27. The highest BCUT2D eigenvalue weighted by atomic mass is 35.5. The molecule has 1 aliphatic carbocycles. The van der Waals surface area contributed by atoms with E-state index >= 15 is 0 Å². The van der Waals surface area contributed by atoms with Crippen LogP contribution in [0.15, 0.2) is 0 Å². The van der Waals surface area contributed by atoms with E-state index in [4.69, 9.17) is 11.6 Å². The largest absolute Gasteiger partial charge is 0.350 e.